The van der Waals surface area contributed by atoms with Gasteiger partial charge in [0.15, 0.2) is 0 Å². The van der Waals surface area contributed by atoms with E-state index in [0.717, 1.165) is 18.7 Å². The minimum atomic E-state index is -0.427. The molecule has 2 heterocycles. The topological polar surface area (TPSA) is 76.5 Å². The number of benzene rings is 1. The van der Waals surface area contributed by atoms with Crippen LogP contribution in [0.1, 0.15) is 25.5 Å². The highest BCUT2D eigenvalue weighted by Gasteiger charge is 2.35. The fraction of sp³-hybridized carbons (Fsp3) is 0.421. The molecule has 1 N–H and O–H groups in total. The van der Waals surface area contributed by atoms with E-state index in [-0.39, 0.29) is 18.2 Å². The highest BCUT2D eigenvalue weighted by Crippen LogP contribution is 2.32. The molecular weight excluding hydrogens is 368 g/mol. The number of aryl methyl sites for hydroxylation is 2. The number of amides is 2. The highest BCUT2D eigenvalue weighted by molar-refractivity contribution is 6.32. The summed E-state index contributed by atoms with van der Waals surface area (Å²) in [6.45, 7) is 4.98. The maximum atomic E-state index is 12.7. The summed E-state index contributed by atoms with van der Waals surface area (Å²) in [7, 11) is 1.53. The van der Waals surface area contributed by atoms with Crippen molar-refractivity contribution < 1.29 is 14.3 Å². The van der Waals surface area contributed by atoms with Gasteiger partial charge in [0.25, 0.3) is 0 Å². The minimum Gasteiger partial charge on any atom is -0.495 e. The van der Waals surface area contributed by atoms with E-state index in [1.165, 1.54) is 7.11 Å². The number of nitrogens with one attached hydrogen (secondary N) is 1. The van der Waals surface area contributed by atoms with Crippen LogP contribution in [0.5, 0.6) is 5.75 Å². The van der Waals surface area contributed by atoms with Crippen LogP contribution >= 0.6 is 11.6 Å². The Morgan fingerprint density at radius 2 is 2.19 bits per heavy atom. The molecule has 1 saturated heterocycles. The van der Waals surface area contributed by atoms with Gasteiger partial charge in [-0.3, -0.25) is 9.59 Å². The maximum Gasteiger partial charge on any atom is 0.230 e. The second-order valence-corrected chi connectivity index (χ2v) is 7.01. The summed E-state index contributed by atoms with van der Waals surface area (Å²) in [5.41, 5.74) is 1.50. The third-order valence-electron chi connectivity index (χ3n) is 4.53. The molecule has 0 bridgehead atoms. The lowest BCUT2D eigenvalue weighted by Gasteiger charge is -2.18. The number of ether oxygens (including phenoxy) is 1. The summed E-state index contributed by atoms with van der Waals surface area (Å²) >= 11 is 6.16. The smallest absolute Gasteiger partial charge is 0.230 e. The second kappa shape index (κ2) is 8.00. The van der Waals surface area contributed by atoms with E-state index in [4.69, 9.17) is 16.3 Å². The Balaban J connectivity index is 1.71. The summed E-state index contributed by atoms with van der Waals surface area (Å²) in [6, 6.07) is 7.00. The summed E-state index contributed by atoms with van der Waals surface area (Å²) < 4.78 is 6.92. The number of anilines is 2. The first-order chi connectivity index (χ1) is 12.9. The van der Waals surface area contributed by atoms with Crippen LogP contribution in [-0.4, -0.2) is 35.2 Å². The Labute approximate surface area is 163 Å². The molecule has 27 heavy (non-hydrogen) atoms. The van der Waals surface area contributed by atoms with Gasteiger partial charge < -0.3 is 15.0 Å². The Bertz CT molecular complexity index is 865. The van der Waals surface area contributed by atoms with Gasteiger partial charge in [-0.1, -0.05) is 18.5 Å². The van der Waals surface area contributed by atoms with Crippen LogP contribution in [-0.2, 0) is 16.1 Å². The number of carbonyl (C=O) groups is 2. The normalized spacial score (nSPS) is 16.7. The van der Waals surface area contributed by atoms with E-state index in [0.29, 0.717) is 28.8 Å². The molecule has 8 heteroatoms. The predicted octanol–water partition coefficient (Wildman–Crippen LogP) is 3.26. The summed E-state index contributed by atoms with van der Waals surface area (Å²) in [5, 5.41) is 7.72. The number of rotatable bonds is 6. The molecule has 1 atom stereocenters. The molecule has 7 nitrogen and oxygen atoms in total. The SMILES string of the molecule is CCCn1nc(C)cc1NC(=O)C1CC(=O)N(c2ccc(OC)c(Cl)c2)C1. The van der Waals surface area contributed by atoms with Crippen molar-refractivity contribution in [3.63, 3.8) is 0 Å². The van der Waals surface area contributed by atoms with Gasteiger partial charge in [-0.25, -0.2) is 4.68 Å². The van der Waals surface area contributed by atoms with Gasteiger partial charge in [0.2, 0.25) is 11.8 Å². The first-order valence-electron chi connectivity index (χ1n) is 8.92. The molecule has 1 aliphatic rings. The van der Waals surface area contributed by atoms with Crippen LogP contribution in [0.25, 0.3) is 0 Å². The second-order valence-electron chi connectivity index (χ2n) is 6.61. The summed E-state index contributed by atoms with van der Waals surface area (Å²) in [4.78, 5) is 26.7. The van der Waals surface area contributed by atoms with Gasteiger partial charge in [0.1, 0.15) is 11.6 Å². The fourth-order valence-electron chi connectivity index (χ4n) is 3.21. The number of carbonyl (C=O) groups excluding carboxylic acids is 2. The first-order valence-corrected chi connectivity index (χ1v) is 9.30. The number of hydrogen-bond donors (Lipinski definition) is 1. The number of hydrogen-bond acceptors (Lipinski definition) is 4. The van der Waals surface area contributed by atoms with Crippen molar-refractivity contribution in [2.75, 3.05) is 23.9 Å². The van der Waals surface area contributed by atoms with E-state index in [1.807, 2.05) is 13.0 Å². The van der Waals surface area contributed by atoms with Gasteiger partial charge in [0, 0.05) is 31.3 Å². The van der Waals surface area contributed by atoms with Crippen molar-refractivity contribution in [3.05, 3.63) is 35.0 Å². The lowest BCUT2D eigenvalue weighted by Crippen LogP contribution is -2.28. The van der Waals surface area contributed by atoms with Crippen LogP contribution < -0.4 is 15.0 Å². The van der Waals surface area contributed by atoms with Crippen LogP contribution in [0.15, 0.2) is 24.3 Å². The monoisotopic (exact) mass is 390 g/mol. The third-order valence-corrected chi connectivity index (χ3v) is 4.83. The van der Waals surface area contributed by atoms with Crippen molar-refractivity contribution in [1.29, 1.82) is 0 Å². The molecule has 2 amide bonds. The first kappa shape index (κ1) is 19.2. The zero-order chi connectivity index (χ0) is 19.6. The third kappa shape index (κ3) is 4.08. The zero-order valence-electron chi connectivity index (χ0n) is 15.7. The van der Waals surface area contributed by atoms with E-state index >= 15 is 0 Å². The molecule has 1 unspecified atom stereocenters. The van der Waals surface area contributed by atoms with E-state index in [1.54, 1.807) is 27.8 Å². The largest absolute Gasteiger partial charge is 0.495 e. The van der Waals surface area contributed by atoms with Crippen molar-refractivity contribution in [3.8, 4) is 5.75 Å². The van der Waals surface area contributed by atoms with Crippen molar-refractivity contribution in [2.45, 2.75) is 33.2 Å². The standard InChI is InChI=1S/C19H23ClN4O3/c1-4-7-24-17(8-12(2)22-24)21-19(26)13-9-18(25)23(11-13)14-5-6-16(27-3)15(20)10-14/h5-6,8,10,13H,4,7,9,11H2,1-3H3,(H,21,26). The molecule has 1 aromatic carbocycles. The van der Waals surface area contributed by atoms with Crippen LogP contribution in [0.3, 0.4) is 0 Å². The number of aromatic nitrogens is 2. The van der Waals surface area contributed by atoms with Gasteiger partial charge in [-0.05, 0) is 31.5 Å². The van der Waals surface area contributed by atoms with Crippen LogP contribution in [0, 0.1) is 12.8 Å². The van der Waals surface area contributed by atoms with E-state index in [9.17, 15) is 9.59 Å². The van der Waals surface area contributed by atoms with Crippen molar-refractivity contribution in [2.24, 2.45) is 5.92 Å². The van der Waals surface area contributed by atoms with Crippen molar-refractivity contribution in [1.82, 2.24) is 9.78 Å². The Kier molecular flexibility index (Phi) is 5.70. The average molecular weight is 391 g/mol. The van der Waals surface area contributed by atoms with E-state index < -0.39 is 5.92 Å². The number of methoxy groups -OCH3 is 1. The molecular formula is C19H23ClN4O3. The van der Waals surface area contributed by atoms with Gasteiger partial charge in [-0.2, -0.15) is 5.10 Å². The fourth-order valence-corrected chi connectivity index (χ4v) is 3.46. The number of halogens is 1. The molecule has 3 rings (SSSR count). The molecule has 2 aromatic rings. The molecule has 0 saturated carbocycles. The van der Waals surface area contributed by atoms with Crippen LogP contribution in [0.4, 0.5) is 11.5 Å². The molecule has 1 fully saturated rings. The Hall–Kier alpha value is -2.54. The van der Waals surface area contributed by atoms with Gasteiger partial charge in [0.05, 0.1) is 23.7 Å². The summed E-state index contributed by atoms with van der Waals surface area (Å²) in [5.74, 6) is 0.500. The molecule has 0 spiro atoms. The van der Waals surface area contributed by atoms with Crippen molar-refractivity contribution >= 4 is 34.9 Å². The van der Waals surface area contributed by atoms with Crippen LogP contribution in [0.2, 0.25) is 5.02 Å². The van der Waals surface area contributed by atoms with Gasteiger partial charge >= 0.3 is 0 Å². The lowest BCUT2D eigenvalue weighted by atomic mass is 10.1. The Morgan fingerprint density at radius 3 is 2.85 bits per heavy atom. The Morgan fingerprint density at radius 1 is 1.41 bits per heavy atom. The highest BCUT2D eigenvalue weighted by atomic mass is 35.5. The molecule has 0 aliphatic carbocycles. The number of nitrogens with zero attached hydrogens (tertiary/aromatic N) is 3. The molecule has 1 aromatic heterocycles. The molecule has 0 radical (unpaired) electrons. The quantitative estimate of drug-likeness (QED) is 0.821. The maximum absolute atomic E-state index is 12.7. The average Bonchev–Trinajstić information content (AvgIpc) is 3.18. The molecule has 1 aliphatic heterocycles. The van der Waals surface area contributed by atoms with E-state index in [2.05, 4.69) is 17.3 Å². The summed E-state index contributed by atoms with van der Waals surface area (Å²) in [6.07, 6.45) is 1.08. The zero-order valence-corrected chi connectivity index (χ0v) is 16.4. The molecule has 144 valence electrons. The lowest BCUT2D eigenvalue weighted by molar-refractivity contribution is -0.122. The van der Waals surface area contributed by atoms with Gasteiger partial charge in [-0.15, -0.1) is 0 Å². The minimum absolute atomic E-state index is 0.102. The predicted molar refractivity (Wildman–Crippen MR) is 104 cm³/mol.